The van der Waals surface area contributed by atoms with E-state index in [4.69, 9.17) is 14.2 Å². The molecule has 1 heterocycles. The Kier molecular flexibility index (Phi) is 6.18. The molecule has 0 aromatic rings. The molecule has 30 heavy (non-hydrogen) atoms. The van der Waals surface area contributed by atoms with Gasteiger partial charge in [-0.05, 0) is 63.2 Å². The summed E-state index contributed by atoms with van der Waals surface area (Å²) < 4.78 is 17.7. The minimum absolute atomic E-state index is 0.0200. The maximum Gasteiger partial charge on any atom is 0.317 e. The van der Waals surface area contributed by atoms with Crippen molar-refractivity contribution in [2.24, 2.45) is 22.7 Å². The number of fused-ring (bicyclic) bond motifs is 3. The molecular weight excluding hydrogens is 380 g/mol. The van der Waals surface area contributed by atoms with Gasteiger partial charge in [-0.15, -0.1) is 6.58 Å². The van der Waals surface area contributed by atoms with Crippen molar-refractivity contribution in [1.29, 1.82) is 0 Å². The van der Waals surface area contributed by atoms with E-state index in [1.807, 2.05) is 6.08 Å². The molecule has 170 valence electrons. The lowest BCUT2D eigenvalue weighted by atomic mass is 9.43. The number of carbonyl (C=O) groups is 2. The highest BCUT2D eigenvalue weighted by Crippen LogP contribution is 2.66. The lowest BCUT2D eigenvalue weighted by Crippen LogP contribution is -2.67. The summed E-state index contributed by atoms with van der Waals surface area (Å²) in [5.41, 5.74) is -0.679. The first-order valence-corrected chi connectivity index (χ1v) is 11.6. The molecule has 3 fully saturated rings. The summed E-state index contributed by atoms with van der Waals surface area (Å²) >= 11 is 0. The first-order valence-electron chi connectivity index (χ1n) is 11.6. The van der Waals surface area contributed by atoms with Crippen molar-refractivity contribution >= 4 is 11.9 Å². The van der Waals surface area contributed by atoms with Gasteiger partial charge in [0, 0.05) is 12.3 Å². The van der Waals surface area contributed by atoms with Crippen LogP contribution in [0.2, 0.25) is 0 Å². The molecule has 0 aromatic heterocycles. The van der Waals surface area contributed by atoms with Crippen LogP contribution in [0.25, 0.3) is 0 Å². The zero-order valence-corrected chi connectivity index (χ0v) is 19.7. The summed E-state index contributed by atoms with van der Waals surface area (Å²) in [4.78, 5) is 24.5. The van der Waals surface area contributed by atoms with Gasteiger partial charge in [-0.25, -0.2) is 0 Å². The Labute approximate surface area is 181 Å². The van der Waals surface area contributed by atoms with E-state index in [0.717, 1.165) is 25.7 Å². The molecule has 0 unspecified atom stereocenters. The molecule has 0 radical (unpaired) electrons. The van der Waals surface area contributed by atoms with Gasteiger partial charge >= 0.3 is 11.9 Å². The molecule has 2 saturated carbocycles. The van der Waals surface area contributed by atoms with E-state index in [-0.39, 0.29) is 41.5 Å². The highest BCUT2D eigenvalue weighted by atomic mass is 16.6. The molecule has 0 bridgehead atoms. The van der Waals surface area contributed by atoms with Gasteiger partial charge in [0.2, 0.25) is 0 Å². The maximum atomic E-state index is 12.7. The smallest absolute Gasteiger partial charge is 0.317 e. The first-order chi connectivity index (χ1) is 13.9. The third-order valence-electron chi connectivity index (χ3n) is 8.30. The van der Waals surface area contributed by atoms with Crippen molar-refractivity contribution < 1.29 is 23.8 Å². The van der Waals surface area contributed by atoms with Crippen LogP contribution in [0.3, 0.4) is 0 Å². The summed E-state index contributed by atoms with van der Waals surface area (Å²) in [5.74, 6) is -0.380. The Hall–Kier alpha value is -1.36. The van der Waals surface area contributed by atoms with Gasteiger partial charge in [-0.1, -0.05) is 33.3 Å². The Bertz CT molecular complexity index is 700. The minimum Gasteiger partial charge on any atom is -0.466 e. The number of carbonyl (C=O) groups excluding carboxylic acids is 2. The molecule has 0 amide bonds. The third-order valence-corrected chi connectivity index (χ3v) is 8.30. The molecule has 6 atom stereocenters. The molecule has 0 spiro atoms. The predicted octanol–water partition coefficient (Wildman–Crippen LogP) is 5.22. The molecular formula is C25H40O5. The Morgan fingerprint density at radius 2 is 1.80 bits per heavy atom. The van der Waals surface area contributed by atoms with E-state index < -0.39 is 17.5 Å². The van der Waals surface area contributed by atoms with E-state index in [1.165, 1.54) is 6.42 Å². The number of hydrogen-bond acceptors (Lipinski definition) is 5. The highest BCUT2D eigenvalue weighted by Gasteiger charge is 2.65. The van der Waals surface area contributed by atoms with Gasteiger partial charge in [0.15, 0.2) is 0 Å². The van der Waals surface area contributed by atoms with Crippen LogP contribution < -0.4 is 0 Å². The van der Waals surface area contributed by atoms with Crippen LogP contribution in [0.1, 0.15) is 86.5 Å². The second kappa shape index (κ2) is 7.96. The van der Waals surface area contributed by atoms with Crippen LogP contribution in [0.5, 0.6) is 0 Å². The topological polar surface area (TPSA) is 61.8 Å². The SMILES string of the molecule is C=C[C@@]1(C)CC[C@@H]2[C@@]3(C)CCCC(C)(C)[C@@H]3[C@@H](OC(=O)CC(=O)OCC)C[C@@]2(C)O1. The van der Waals surface area contributed by atoms with Gasteiger partial charge in [0.1, 0.15) is 12.5 Å². The van der Waals surface area contributed by atoms with Gasteiger partial charge in [-0.2, -0.15) is 0 Å². The molecule has 3 rings (SSSR count). The van der Waals surface area contributed by atoms with Crippen molar-refractivity contribution in [2.45, 2.75) is 104 Å². The molecule has 3 aliphatic rings. The largest absolute Gasteiger partial charge is 0.466 e. The van der Waals surface area contributed by atoms with E-state index in [9.17, 15) is 9.59 Å². The molecule has 5 heteroatoms. The van der Waals surface area contributed by atoms with Crippen LogP contribution in [0, 0.1) is 22.7 Å². The van der Waals surface area contributed by atoms with E-state index in [1.54, 1.807) is 6.92 Å². The normalized spacial score (nSPS) is 42.4. The highest BCUT2D eigenvalue weighted by molar-refractivity contribution is 5.91. The fourth-order valence-electron chi connectivity index (χ4n) is 7.36. The standard InChI is InChI=1S/C25H40O5/c1-8-23(5)14-11-18-24(6)13-10-12-22(3,4)21(24)17(16-25(18,7)30-23)29-20(27)15-19(26)28-9-2/h8,17-18,21H,1,9-16H2,2-7H3/t17-,18+,21-,23-,24+,25+/m0/s1. The number of ether oxygens (including phenoxy) is 3. The predicted molar refractivity (Wildman–Crippen MR) is 116 cm³/mol. The van der Waals surface area contributed by atoms with Crippen molar-refractivity contribution in [1.82, 2.24) is 0 Å². The molecule has 1 saturated heterocycles. The number of hydrogen-bond donors (Lipinski definition) is 0. The van der Waals surface area contributed by atoms with Gasteiger partial charge in [0.05, 0.1) is 17.8 Å². The molecule has 1 aliphatic heterocycles. The van der Waals surface area contributed by atoms with E-state index >= 15 is 0 Å². The summed E-state index contributed by atoms with van der Waals surface area (Å²) in [6.07, 6.45) is 7.41. The monoisotopic (exact) mass is 420 g/mol. The summed E-state index contributed by atoms with van der Waals surface area (Å²) in [5, 5.41) is 0. The second-order valence-electron chi connectivity index (χ2n) is 11.1. The van der Waals surface area contributed by atoms with Gasteiger partial charge in [0.25, 0.3) is 0 Å². The van der Waals surface area contributed by atoms with Crippen LogP contribution in [0.4, 0.5) is 0 Å². The lowest BCUT2D eigenvalue weighted by molar-refractivity contribution is -0.279. The third kappa shape index (κ3) is 4.06. The van der Waals surface area contributed by atoms with Gasteiger partial charge < -0.3 is 14.2 Å². The zero-order valence-electron chi connectivity index (χ0n) is 19.7. The van der Waals surface area contributed by atoms with E-state index in [0.29, 0.717) is 12.3 Å². The molecule has 5 nitrogen and oxygen atoms in total. The number of esters is 2. The number of rotatable bonds is 5. The van der Waals surface area contributed by atoms with Crippen LogP contribution in [0.15, 0.2) is 12.7 Å². The van der Waals surface area contributed by atoms with Crippen molar-refractivity contribution in [3.63, 3.8) is 0 Å². The Balaban J connectivity index is 1.93. The molecule has 0 aromatic carbocycles. The van der Waals surface area contributed by atoms with Crippen LogP contribution in [-0.4, -0.2) is 35.9 Å². The lowest BCUT2D eigenvalue weighted by Gasteiger charge is -2.66. The second-order valence-corrected chi connectivity index (χ2v) is 11.1. The van der Waals surface area contributed by atoms with Crippen LogP contribution in [-0.2, 0) is 23.8 Å². The molecule has 0 N–H and O–H groups in total. The van der Waals surface area contributed by atoms with E-state index in [2.05, 4.69) is 41.2 Å². The average molecular weight is 421 g/mol. The molecule has 2 aliphatic carbocycles. The van der Waals surface area contributed by atoms with Gasteiger partial charge in [-0.3, -0.25) is 9.59 Å². The minimum atomic E-state index is -0.527. The quantitative estimate of drug-likeness (QED) is 0.347. The Morgan fingerprint density at radius 3 is 2.43 bits per heavy atom. The first kappa shape index (κ1) is 23.3. The zero-order chi connectivity index (χ0) is 22.4. The van der Waals surface area contributed by atoms with Crippen molar-refractivity contribution in [3.05, 3.63) is 12.7 Å². The summed E-state index contributed by atoms with van der Waals surface area (Å²) in [6.45, 7) is 17.3. The van der Waals surface area contributed by atoms with Crippen molar-refractivity contribution in [2.75, 3.05) is 6.61 Å². The van der Waals surface area contributed by atoms with Crippen LogP contribution >= 0.6 is 0 Å². The summed E-state index contributed by atoms with van der Waals surface area (Å²) in [6, 6.07) is 0. The summed E-state index contributed by atoms with van der Waals surface area (Å²) in [7, 11) is 0. The van der Waals surface area contributed by atoms with Crippen molar-refractivity contribution in [3.8, 4) is 0 Å². The fraction of sp³-hybridized carbons (Fsp3) is 0.840. The fourth-order valence-corrected chi connectivity index (χ4v) is 7.36. The Morgan fingerprint density at radius 1 is 1.10 bits per heavy atom. The maximum absolute atomic E-state index is 12.7. The average Bonchev–Trinajstić information content (AvgIpc) is 2.59.